The van der Waals surface area contributed by atoms with Crippen LogP contribution in [0, 0.1) is 6.92 Å². The Labute approximate surface area is 142 Å². The first-order valence-electron chi connectivity index (χ1n) is 8.35. The van der Waals surface area contributed by atoms with E-state index >= 15 is 0 Å². The van der Waals surface area contributed by atoms with Gasteiger partial charge in [0.2, 0.25) is 0 Å². The van der Waals surface area contributed by atoms with E-state index in [2.05, 4.69) is 36.6 Å². The fourth-order valence-electron chi connectivity index (χ4n) is 3.44. The van der Waals surface area contributed by atoms with Gasteiger partial charge in [-0.3, -0.25) is 4.79 Å². The number of amides is 1. The number of rotatable bonds is 3. The van der Waals surface area contributed by atoms with Gasteiger partial charge in [-0.05, 0) is 30.0 Å². The lowest BCUT2D eigenvalue weighted by Gasteiger charge is -2.32. The Bertz CT molecular complexity index is 771. The van der Waals surface area contributed by atoms with E-state index < -0.39 is 0 Å². The molecule has 2 unspecified atom stereocenters. The lowest BCUT2D eigenvalue weighted by molar-refractivity contribution is -0.134. The summed E-state index contributed by atoms with van der Waals surface area (Å²) in [6, 6.07) is 18.6. The molecule has 24 heavy (non-hydrogen) atoms. The van der Waals surface area contributed by atoms with E-state index in [0.29, 0.717) is 6.54 Å². The van der Waals surface area contributed by atoms with Crippen molar-refractivity contribution in [3.05, 3.63) is 83.7 Å². The number of hydrogen-bond acceptors (Lipinski definition) is 3. The van der Waals surface area contributed by atoms with E-state index in [0.717, 1.165) is 6.42 Å². The van der Waals surface area contributed by atoms with Gasteiger partial charge in [0.25, 0.3) is 5.91 Å². The molecule has 2 aliphatic rings. The number of hydrazine groups is 1. The average molecular weight is 319 g/mol. The number of nitrogens with one attached hydrogen (secondary N) is 1. The van der Waals surface area contributed by atoms with E-state index in [1.807, 2.05) is 52.6 Å². The summed E-state index contributed by atoms with van der Waals surface area (Å²) >= 11 is 0. The zero-order valence-corrected chi connectivity index (χ0v) is 13.7. The van der Waals surface area contributed by atoms with Gasteiger partial charge in [0.1, 0.15) is 6.04 Å². The summed E-state index contributed by atoms with van der Waals surface area (Å²) in [7, 11) is 0. The highest BCUT2D eigenvalue weighted by atomic mass is 16.2. The van der Waals surface area contributed by atoms with E-state index in [4.69, 9.17) is 0 Å². The van der Waals surface area contributed by atoms with Crippen LogP contribution in [0.15, 0.2) is 67.0 Å². The minimum absolute atomic E-state index is 0.135. The first-order valence-corrected chi connectivity index (χ1v) is 8.35. The summed E-state index contributed by atoms with van der Waals surface area (Å²) in [4.78, 5) is 14.7. The van der Waals surface area contributed by atoms with Crippen LogP contribution in [0.5, 0.6) is 0 Å². The molecule has 1 saturated heterocycles. The van der Waals surface area contributed by atoms with Gasteiger partial charge < -0.3 is 9.91 Å². The van der Waals surface area contributed by atoms with Crippen LogP contribution >= 0.6 is 0 Å². The van der Waals surface area contributed by atoms with Crippen molar-refractivity contribution in [3.8, 4) is 0 Å². The standard InChI is InChI=1S/C20H21N3O/c1-15-7-5-6-10-17(15)14-22-11-12-23-19(20(22)24)13-18(21-23)16-8-3-2-4-9-16/h2-12,18-19,21H,13-14H2,1H3. The Hall–Kier alpha value is -2.59. The molecule has 0 radical (unpaired) electrons. The molecule has 4 rings (SSSR count). The third-order valence-electron chi connectivity index (χ3n) is 4.88. The number of nitrogens with zero attached hydrogens (tertiary/aromatic N) is 2. The van der Waals surface area contributed by atoms with Crippen LogP contribution in [0.2, 0.25) is 0 Å². The van der Waals surface area contributed by atoms with E-state index in [-0.39, 0.29) is 18.0 Å². The quantitative estimate of drug-likeness (QED) is 0.944. The summed E-state index contributed by atoms with van der Waals surface area (Å²) in [5.41, 5.74) is 7.06. The molecule has 122 valence electrons. The molecule has 0 spiro atoms. The Morgan fingerprint density at radius 1 is 1.04 bits per heavy atom. The summed E-state index contributed by atoms with van der Waals surface area (Å²) < 4.78 is 0. The smallest absolute Gasteiger partial charge is 0.251 e. The molecule has 1 fully saturated rings. The molecular weight excluding hydrogens is 298 g/mol. The second-order valence-corrected chi connectivity index (χ2v) is 6.44. The zero-order valence-electron chi connectivity index (χ0n) is 13.7. The van der Waals surface area contributed by atoms with E-state index in [1.54, 1.807) is 0 Å². The first kappa shape index (κ1) is 15.0. The number of fused-ring (bicyclic) bond motifs is 1. The molecule has 0 bridgehead atoms. The van der Waals surface area contributed by atoms with Crippen molar-refractivity contribution in [2.24, 2.45) is 0 Å². The van der Waals surface area contributed by atoms with Crippen LogP contribution < -0.4 is 5.43 Å². The number of benzene rings is 2. The SMILES string of the molecule is Cc1ccccc1CN1C=CN2NC(c3ccccc3)CC2C1=O. The topological polar surface area (TPSA) is 35.6 Å². The summed E-state index contributed by atoms with van der Waals surface area (Å²) in [5.74, 6) is 0.159. The molecule has 2 aliphatic heterocycles. The minimum Gasteiger partial charge on any atom is -0.311 e. The molecule has 4 heteroatoms. The highest BCUT2D eigenvalue weighted by molar-refractivity contribution is 5.84. The predicted molar refractivity (Wildman–Crippen MR) is 93.4 cm³/mol. The van der Waals surface area contributed by atoms with Crippen LogP contribution in [0.4, 0.5) is 0 Å². The number of carbonyl (C=O) groups is 1. The third kappa shape index (κ3) is 2.69. The third-order valence-corrected chi connectivity index (χ3v) is 4.88. The second kappa shape index (κ2) is 6.13. The molecular formula is C20H21N3O. The number of hydrogen-bond donors (Lipinski definition) is 1. The van der Waals surface area contributed by atoms with Gasteiger partial charge in [-0.15, -0.1) is 0 Å². The molecule has 0 aliphatic carbocycles. The normalized spacial score (nSPS) is 22.8. The molecule has 2 heterocycles. The monoisotopic (exact) mass is 319 g/mol. The molecule has 0 saturated carbocycles. The molecule has 2 aromatic rings. The van der Waals surface area contributed by atoms with Crippen LogP contribution in [0.25, 0.3) is 0 Å². The maximum Gasteiger partial charge on any atom is 0.251 e. The van der Waals surface area contributed by atoms with Crippen molar-refractivity contribution in [2.75, 3.05) is 0 Å². The van der Waals surface area contributed by atoms with Crippen molar-refractivity contribution >= 4 is 5.91 Å². The fourth-order valence-corrected chi connectivity index (χ4v) is 3.44. The van der Waals surface area contributed by atoms with Crippen LogP contribution in [-0.2, 0) is 11.3 Å². The van der Waals surface area contributed by atoms with Crippen LogP contribution in [0.1, 0.15) is 29.2 Å². The average Bonchev–Trinajstić information content (AvgIpc) is 3.05. The van der Waals surface area contributed by atoms with E-state index in [1.165, 1.54) is 16.7 Å². The summed E-state index contributed by atoms with van der Waals surface area (Å²) in [5, 5.41) is 1.95. The van der Waals surface area contributed by atoms with Crippen LogP contribution in [-0.4, -0.2) is 21.9 Å². The van der Waals surface area contributed by atoms with Gasteiger partial charge in [-0.25, -0.2) is 5.43 Å². The number of aryl methyl sites for hydroxylation is 1. The van der Waals surface area contributed by atoms with Crippen molar-refractivity contribution < 1.29 is 4.79 Å². The molecule has 1 N–H and O–H groups in total. The number of carbonyl (C=O) groups excluding carboxylic acids is 1. The predicted octanol–water partition coefficient (Wildman–Crippen LogP) is 3.13. The Morgan fingerprint density at radius 3 is 2.58 bits per heavy atom. The van der Waals surface area contributed by atoms with Crippen molar-refractivity contribution in [1.82, 2.24) is 15.3 Å². The van der Waals surface area contributed by atoms with Crippen LogP contribution in [0.3, 0.4) is 0 Å². The molecule has 2 atom stereocenters. The highest BCUT2D eigenvalue weighted by Gasteiger charge is 2.39. The lowest BCUT2D eigenvalue weighted by atomic mass is 10.0. The Kier molecular flexibility index (Phi) is 3.82. The van der Waals surface area contributed by atoms with Crippen molar-refractivity contribution in [3.63, 3.8) is 0 Å². The van der Waals surface area contributed by atoms with Gasteiger partial charge in [0, 0.05) is 12.4 Å². The van der Waals surface area contributed by atoms with Gasteiger partial charge in [-0.2, -0.15) is 0 Å². The minimum atomic E-state index is -0.135. The summed E-state index contributed by atoms with van der Waals surface area (Å²) in [6.45, 7) is 2.71. The first-order chi connectivity index (χ1) is 11.7. The van der Waals surface area contributed by atoms with Crippen molar-refractivity contribution in [2.45, 2.75) is 32.0 Å². The fraction of sp³-hybridized carbons (Fsp3) is 0.250. The van der Waals surface area contributed by atoms with Gasteiger partial charge in [0.05, 0.1) is 12.6 Å². The molecule has 4 nitrogen and oxygen atoms in total. The largest absolute Gasteiger partial charge is 0.311 e. The highest BCUT2D eigenvalue weighted by Crippen LogP contribution is 2.31. The maximum atomic E-state index is 12.9. The maximum absolute atomic E-state index is 12.9. The Balaban J connectivity index is 1.51. The molecule has 1 amide bonds. The van der Waals surface area contributed by atoms with Gasteiger partial charge in [0.15, 0.2) is 0 Å². The van der Waals surface area contributed by atoms with E-state index in [9.17, 15) is 4.79 Å². The second-order valence-electron chi connectivity index (χ2n) is 6.44. The van der Waals surface area contributed by atoms with Gasteiger partial charge >= 0.3 is 0 Å². The van der Waals surface area contributed by atoms with Gasteiger partial charge in [-0.1, -0.05) is 54.6 Å². The van der Waals surface area contributed by atoms with Crippen molar-refractivity contribution in [1.29, 1.82) is 0 Å². The molecule has 2 aromatic carbocycles. The lowest BCUT2D eigenvalue weighted by Crippen LogP contribution is -2.47. The zero-order chi connectivity index (χ0) is 16.5. The Morgan fingerprint density at radius 2 is 1.79 bits per heavy atom. The summed E-state index contributed by atoms with van der Waals surface area (Å²) in [6.07, 6.45) is 4.65. The molecule has 0 aromatic heterocycles.